The van der Waals surface area contributed by atoms with Crippen LogP contribution in [0.3, 0.4) is 0 Å². The standard InChI is InChI=1S/C36H49N9/c1-26(41-30-10-5-4-6-11-30)27-13-15-28(16-14-27)34(38-2)33-35(42-31-12-9-17-43(3)25-31)32(23-39-36(33)37)29-22-40-45(24-29)21-20-44-18-7-8-19-44/h4-6,10-11,13-16,23-24,31,34,38,40-41H,1,7-9,12,17-22,25H2,2-3H3,(H3,37,39,42). The highest BCUT2D eigenvalue weighted by Crippen LogP contribution is 2.39. The molecule has 0 amide bonds. The molecule has 2 aromatic carbocycles. The van der Waals surface area contributed by atoms with Crippen molar-refractivity contribution in [3.63, 3.8) is 0 Å². The molecule has 2 fully saturated rings. The number of nitrogens with one attached hydrogen (secondary N) is 4. The van der Waals surface area contributed by atoms with E-state index < -0.39 is 0 Å². The lowest BCUT2D eigenvalue weighted by molar-refractivity contribution is 0.243. The Hall–Kier alpha value is -3.89. The fourth-order valence-corrected chi connectivity index (χ4v) is 6.87. The molecule has 9 nitrogen and oxygen atoms in total. The molecule has 6 rings (SSSR count). The van der Waals surface area contributed by atoms with Gasteiger partial charge in [-0.1, -0.05) is 49.0 Å². The molecule has 0 saturated carbocycles. The number of likely N-dealkylation sites (N-methyl/N-ethyl adjacent to an activating group) is 1. The van der Waals surface area contributed by atoms with E-state index in [1.165, 1.54) is 37.9 Å². The van der Waals surface area contributed by atoms with Crippen molar-refractivity contribution in [2.75, 3.05) is 76.3 Å². The van der Waals surface area contributed by atoms with Crippen molar-refractivity contribution in [1.29, 1.82) is 0 Å². The van der Waals surface area contributed by atoms with E-state index in [0.29, 0.717) is 11.9 Å². The summed E-state index contributed by atoms with van der Waals surface area (Å²) >= 11 is 0. The van der Waals surface area contributed by atoms with Crippen LogP contribution < -0.4 is 27.1 Å². The quantitative estimate of drug-likeness (QED) is 0.199. The molecule has 2 unspecified atom stereocenters. The molecule has 6 N–H and O–H groups in total. The molecule has 0 bridgehead atoms. The largest absolute Gasteiger partial charge is 0.383 e. The Morgan fingerprint density at radius 3 is 2.56 bits per heavy atom. The first-order valence-electron chi connectivity index (χ1n) is 16.4. The van der Waals surface area contributed by atoms with Gasteiger partial charge in [-0.3, -0.25) is 0 Å². The van der Waals surface area contributed by atoms with Crippen molar-refractivity contribution < 1.29 is 0 Å². The van der Waals surface area contributed by atoms with Gasteiger partial charge >= 0.3 is 0 Å². The summed E-state index contributed by atoms with van der Waals surface area (Å²) in [6.07, 6.45) is 9.15. The van der Waals surface area contributed by atoms with E-state index >= 15 is 0 Å². The second-order valence-corrected chi connectivity index (χ2v) is 12.6. The zero-order chi connectivity index (χ0) is 31.2. The smallest absolute Gasteiger partial charge is 0.130 e. The van der Waals surface area contributed by atoms with E-state index in [9.17, 15) is 0 Å². The van der Waals surface area contributed by atoms with Gasteiger partial charge in [0.05, 0.1) is 11.7 Å². The van der Waals surface area contributed by atoms with Crippen LogP contribution in [0.15, 0.2) is 73.6 Å². The minimum absolute atomic E-state index is 0.146. The van der Waals surface area contributed by atoms with Gasteiger partial charge in [0, 0.05) is 67.1 Å². The summed E-state index contributed by atoms with van der Waals surface area (Å²) in [5.41, 5.74) is 18.8. The van der Waals surface area contributed by atoms with E-state index in [1.54, 1.807) is 0 Å². The second-order valence-electron chi connectivity index (χ2n) is 12.6. The summed E-state index contributed by atoms with van der Waals surface area (Å²) in [6, 6.07) is 18.9. The Morgan fingerprint density at radius 2 is 1.82 bits per heavy atom. The number of aromatic nitrogens is 1. The van der Waals surface area contributed by atoms with Gasteiger partial charge < -0.3 is 36.5 Å². The van der Waals surface area contributed by atoms with Gasteiger partial charge in [0.15, 0.2) is 0 Å². The highest BCUT2D eigenvalue weighted by atomic mass is 15.5. The van der Waals surface area contributed by atoms with E-state index in [4.69, 9.17) is 10.7 Å². The third-order valence-electron chi connectivity index (χ3n) is 9.35. The first kappa shape index (κ1) is 31.1. The lowest BCUT2D eigenvalue weighted by Crippen LogP contribution is -2.40. The third kappa shape index (κ3) is 7.50. The number of anilines is 3. The highest BCUT2D eigenvalue weighted by Gasteiger charge is 2.28. The van der Waals surface area contributed by atoms with E-state index in [-0.39, 0.29) is 6.04 Å². The summed E-state index contributed by atoms with van der Waals surface area (Å²) in [6.45, 7) is 11.6. The zero-order valence-corrected chi connectivity index (χ0v) is 26.9. The van der Waals surface area contributed by atoms with Crippen LogP contribution in [0.2, 0.25) is 0 Å². The van der Waals surface area contributed by atoms with Gasteiger partial charge in [-0.05, 0) is 88.2 Å². The number of benzene rings is 2. The number of para-hydroxylation sites is 1. The molecule has 0 aliphatic carbocycles. The minimum Gasteiger partial charge on any atom is -0.383 e. The first-order valence-corrected chi connectivity index (χ1v) is 16.4. The van der Waals surface area contributed by atoms with E-state index in [1.807, 2.05) is 43.6 Å². The molecule has 238 valence electrons. The van der Waals surface area contributed by atoms with Crippen LogP contribution in [0.25, 0.3) is 11.3 Å². The number of nitrogens with zero attached hydrogens (tertiary/aromatic N) is 4. The van der Waals surface area contributed by atoms with Gasteiger partial charge in [-0.2, -0.15) is 0 Å². The average Bonchev–Trinajstić information content (AvgIpc) is 3.75. The Bertz CT molecular complexity index is 1460. The van der Waals surface area contributed by atoms with Crippen molar-refractivity contribution in [2.24, 2.45) is 0 Å². The molecular formula is C36H49N9. The molecular weight excluding hydrogens is 558 g/mol. The Kier molecular flexibility index (Phi) is 10.0. The van der Waals surface area contributed by atoms with Crippen LogP contribution >= 0.6 is 0 Å². The molecule has 0 spiro atoms. The zero-order valence-electron chi connectivity index (χ0n) is 26.9. The normalized spacial score (nSPS) is 19.8. The highest BCUT2D eigenvalue weighted by molar-refractivity contribution is 5.83. The number of hydrogen-bond donors (Lipinski definition) is 5. The molecule has 1 aromatic heterocycles. The first-order chi connectivity index (χ1) is 22.0. The molecule has 0 radical (unpaired) electrons. The summed E-state index contributed by atoms with van der Waals surface area (Å²) in [7, 11) is 4.20. The monoisotopic (exact) mass is 607 g/mol. The number of nitrogen functional groups attached to an aromatic ring is 1. The molecule has 2 atom stereocenters. The van der Waals surface area contributed by atoms with Crippen molar-refractivity contribution in [3.8, 4) is 0 Å². The molecule has 4 heterocycles. The van der Waals surface area contributed by atoms with Crippen molar-refractivity contribution in [3.05, 3.63) is 95.8 Å². The number of likely N-dealkylation sites (tertiary alicyclic amines) is 2. The topological polar surface area (TPSA) is 96.7 Å². The number of hydrogen-bond acceptors (Lipinski definition) is 9. The summed E-state index contributed by atoms with van der Waals surface area (Å²) in [4.78, 5) is 9.74. The lowest BCUT2D eigenvalue weighted by atomic mass is 9.92. The number of rotatable bonds is 12. The van der Waals surface area contributed by atoms with Gasteiger partial charge in [0.25, 0.3) is 0 Å². The number of piperidine rings is 1. The van der Waals surface area contributed by atoms with Gasteiger partial charge in [-0.15, -0.1) is 0 Å². The number of nitrogens with two attached hydrogens (primary N) is 1. The Labute approximate surface area is 268 Å². The van der Waals surface area contributed by atoms with Crippen LogP contribution in [0.5, 0.6) is 0 Å². The maximum absolute atomic E-state index is 6.77. The summed E-state index contributed by atoms with van der Waals surface area (Å²) < 4.78 is 0. The predicted molar refractivity (Wildman–Crippen MR) is 188 cm³/mol. The van der Waals surface area contributed by atoms with Gasteiger partial charge in [-0.25, -0.2) is 10.4 Å². The molecule has 3 aromatic rings. The maximum Gasteiger partial charge on any atom is 0.130 e. The fourth-order valence-electron chi connectivity index (χ4n) is 6.87. The SMILES string of the molecule is C=C(Nc1ccccc1)c1ccc(C(NC)c2c(N)ncc(C3=CN(CCN4CCCC4)NC3)c2NC2CCCN(C)C2)cc1. The molecule has 45 heavy (non-hydrogen) atoms. The van der Waals surface area contributed by atoms with Crippen LogP contribution in [0.1, 0.15) is 54.0 Å². The lowest BCUT2D eigenvalue weighted by Gasteiger charge is -2.33. The Balaban J connectivity index is 1.29. The van der Waals surface area contributed by atoms with Crippen LogP contribution in [0, 0.1) is 0 Å². The summed E-state index contributed by atoms with van der Waals surface area (Å²) in [5.74, 6) is 0.543. The number of pyridine rings is 1. The average molecular weight is 608 g/mol. The van der Waals surface area contributed by atoms with Crippen molar-refractivity contribution in [1.82, 2.24) is 30.5 Å². The van der Waals surface area contributed by atoms with Gasteiger partial charge in [0.2, 0.25) is 0 Å². The minimum atomic E-state index is -0.146. The van der Waals surface area contributed by atoms with Gasteiger partial charge in [0.1, 0.15) is 5.82 Å². The van der Waals surface area contributed by atoms with Crippen molar-refractivity contribution in [2.45, 2.75) is 37.8 Å². The van der Waals surface area contributed by atoms with E-state index in [2.05, 4.69) is 80.3 Å². The molecule has 3 aliphatic rings. The molecule has 9 heteroatoms. The maximum atomic E-state index is 6.77. The van der Waals surface area contributed by atoms with Crippen LogP contribution in [-0.4, -0.2) is 85.7 Å². The number of hydrazine groups is 1. The molecule has 3 aliphatic heterocycles. The Morgan fingerprint density at radius 1 is 1.04 bits per heavy atom. The van der Waals surface area contributed by atoms with Crippen molar-refractivity contribution >= 4 is 28.5 Å². The fraction of sp³-hybridized carbons (Fsp3) is 0.417. The summed E-state index contributed by atoms with van der Waals surface area (Å²) in [5, 5.41) is 13.2. The molecule has 2 saturated heterocycles. The second kappa shape index (κ2) is 14.5. The van der Waals surface area contributed by atoms with Crippen LogP contribution in [-0.2, 0) is 0 Å². The van der Waals surface area contributed by atoms with E-state index in [0.717, 1.165) is 78.5 Å². The van der Waals surface area contributed by atoms with Crippen LogP contribution in [0.4, 0.5) is 17.2 Å². The predicted octanol–water partition coefficient (Wildman–Crippen LogP) is 4.82. The third-order valence-corrected chi connectivity index (χ3v) is 9.35.